The van der Waals surface area contributed by atoms with E-state index in [9.17, 15) is 25.2 Å². The Bertz CT molecular complexity index is 1230. The maximum Gasteiger partial charge on any atom is 0.323 e. The van der Waals surface area contributed by atoms with Crippen LogP contribution in [0.5, 0.6) is 5.75 Å². The fraction of sp³-hybridized carbons (Fsp3) is 0.567. The predicted octanol–water partition coefficient (Wildman–Crippen LogP) is 4.58. The topological polar surface area (TPSA) is 156 Å². The summed E-state index contributed by atoms with van der Waals surface area (Å²) in [5, 5.41) is 42.1. The van der Waals surface area contributed by atoms with Crippen LogP contribution in [0.4, 0.5) is 0 Å². The molecule has 0 amide bonds. The second-order valence-corrected chi connectivity index (χ2v) is 14.1. The van der Waals surface area contributed by atoms with Crippen molar-refractivity contribution in [2.45, 2.75) is 86.6 Å². The molecular formula is C30H42INO8S. The Hall–Kier alpha value is -1.74. The summed E-state index contributed by atoms with van der Waals surface area (Å²) in [5.74, 6) is 0.836. The van der Waals surface area contributed by atoms with Crippen LogP contribution in [0.15, 0.2) is 40.8 Å². The Balaban J connectivity index is 1.43. The zero-order valence-electron chi connectivity index (χ0n) is 23.6. The van der Waals surface area contributed by atoms with Crippen LogP contribution in [0, 0.1) is 0 Å². The summed E-state index contributed by atoms with van der Waals surface area (Å²) in [6, 6.07) is 11.6. The van der Waals surface area contributed by atoms with E-state index >= 15 is 0 Å². The van der Waals surface area contributed by atoms with E-state index in [1.807, 2.05) is 34.7 Å². The fourth-order valence-corrected chi connectivity index (χ4v) is 5.31. The fourth-order valence-electron chi connectivity index (χ4n) is 4.15. The molecule has 0 radical (unpaired) electrons. The SMILES string of the molecule is CCCCCc1ccc(-c2cc3ccc(OCC(O)C(O)CC(O)C(O)CCCOC(=O)C(C)(I)CN)cc3o2)s1. The van der Waals surface area contributed by atoms with Crippen LogP contribution in [0.3, 0.4) is 0 Å². The second-order valence-electron chi connectivity index (χ2n) is 10.5. The van der Waals surface area contributed by atoms with E-state index in [-0.39, 0.29) is 32.6 Å². The van der Waals surface area contributed by atoms with Crippen LogP contribution in [-0.2, 0) is 16.0 Å². The van der Waals surface area contributed by atoms with Gasteiger partial charge in [0.2, 0.25) is 0 Å². The van der Waals surface area contributed by atoms with Crippen LogP contribution in [0.25, 0.3) is 21.6 Å². The molecule has 0 bridgehead atoms. The number of esters is 1. The van der Waals surface area contributed by atoms with Gasteiger partial charge < -0.3 is 40.1 Å². The molecule has 0 aliphatic heterocycles. The van der Waals surface area contributed by atoms with E-state index < -0.39 is 33.8 Å². The first-order valence-corrected chi connectivity index (χ1v) is 16.0. The van der Waals surface area contributed by atoms with Crippen molar-refractivity contribution in [3.8, 4) is 16.4 Å². The Morgan fingerprint density at radius 2 is 1.80 bits per heavy atom. The molecular weight excluding hydrogens is 661 g/mol. The molecule has 9 nitrogen and oxygen atoms in total. The number of hydrogen-bond acceptors (Lipinski definition) is 10. The Kier molecular flexibility index (Phi) is 13.3. The first-order chi connectivity index (χ1) is 19.5. The number of thiophene rings is 1. The molecule has 0 saturated carbocycles. The highest BCUT2D eigenvalue weighted by Crippen LogP contribution is 2.34. The number of fused-ring (bicyclic) bond motifs is 1. The highest BCUT2D eigenvalue weighted by molar-refractivity contribution is 14.1. The molecule has 3 rings (SSSR count). The number of aryl methyl sites for hydroxylation is 1. The van der Waals surface area contributed by atoms with E-state index in [1.54, 1.807) is 30.4 Å². The van der Waals surface area contributed by atoms with Gasteiger partial charge in [-0.25, -0.2) is 0 Å². The lowest BCUT2D eigenvalue weighted by atomic mass is 10.0. The molecule has 0 saturated heterocycles. The minimum Gasteiger partial charge on any atom is -0.491 e. The quantitative estimate of drug-likeness (QED) is 0.0554. The lowest BCUT2D eigenvalue weighted by Crippen LogP contribution is -2.39. The van der Waals surface area contributed by atoms with Crippen LogP contribution >= 0.6 is 33.9 Å². The van der Waals surface area contributed by atoms with Gasteiger partial charge in [-0.15, -0.1) is 11.3 Å². The molecule has 228 valence electrons. The number of ether oxygens (including phenoxy) is 2. The van der Waals surface area contributed by atoms with Gasteiger partial charge >= 0.3 is 5.97 Å². The van der Waals surface area contributed by atoms with Crippen molar-refractivity contribution < 1.29 is 39.1 Å². The number of alkyl halides is 1. The van der Waals surface area contributed by atoms with Crippen LogP contribution in [0.2, 0.25) is 0 Å². The number of benzene rings is 1. The largest absolute Gasteiger partial charge is 0.491 e. The van der Waals surface area contributed by atoms with Gasteiger partial charge in [-0.05, 0) is 62.9 Å². The molecule has 3 aromatic rings. The van der Waals surface area contributed by atoms with Gasteiger partial charge in [0, 0.05) is 29.3 Å². The number of nitrogens with two attached hydrogens (primary N) is 1. The number of furan rings is 1. The van der Waals surface area contributed by atoms with Crippen molar-refractivity contribution in [2.75, 3.05) is 19.8 Å². The molecule has 2 aromatic heterocycles. The molecule has 5 unspecified atom stereocenters. The first-order valence-electron chi connectivity index (χ1n) is 14.1. The third-order valence-corrected chi connectivity index (χ3v) is 8.94. The maximum absolute atomic E-state index is 11.9. The number of halogens is 1. The molecule has 0 aliphatic rings. The lowest BCUT2D eigenvalue weighted by Gasteiger charge is -2.24. The van der Waals surface area contributed by atoms with E-state index in [1.165, 1.54) is 24.1 Å². The molecule has 11 heteroatoms. The molecule has 1 aromatic carbocycles. The van der Waals surface area contributed by atoms with Crippen molar-refractivity contribution >= 4 is 50.9 Å². The number of aliphatic hydroxyl groups excluding tert-OH is 4. The van der Waals surface area contributed by atoms with E-state index in [0.717, 1.165) is 22.4 Å². The number of unbranched alkanes of at least 4 members (excludes halogenated alkanes) is 2. The third-order valence-electron chi connectivity index (χ3n) is 6.90. The molecule has 2 heterocycles. The van der Waals surface area contributed by atoms with Crippen molar-refractivity contribution in [3.63, 3.8) is 0 Å². The molecule has 0 fully saturated rings. The van der Waals surface area contributed by atoms with Crippen molar-refractivity contribution in [3.05, 3.63) is 41.3 Å². The molecule has 5 atom stereocenters. The van der Waals surface area contributed by atoms with Crippen LogP contribution < -0.4 is 10.5 Å². The molecule has 6 N–H and O–H groups in total. The zero-order chi connectivity index (χ0) is 30.0. The van der Waals surface area contributed by atoms with Gasteiger partial charge in [-0.1, -0.05) is 42.4 Å². The van der Waals surface area contributed by atoms with Gasteiger partial charge in [0.25, 0.3) is 0 Å². The third kappa shape index (κ3) is 10.2. The van der Waals surface area contributed by atoms with E-state index in [2.05, 4.69) is 19.1 Å². The minimum atomic E-state index is -1.31. The minimum absolute atomic E-state index is 0.0785. The highest BCUT2D eigenvalue weighted by atomic mass is 127. The number of rotatable bonds is 18. The van der Waals surface area contributed by atoms with E-state index in [4.69, 9.17) is 19.6 Å². The average molecular weight is 704 g/mol. The zero-order valence-corrected chi connectivity index (χ0v) is 26.6. The number of carbonyl (C=O) groups is 1. The normalized spacial score (nSPS) is 16.2. The van der Waals surface area contributed by atoms with E-state index in [0.29, 0.717) is 17.8 Å². The number of aliphatic hydroxyl groups is 4. The monoisotopic (exact) mass is 703 g/mol. The van der Waals surface area contributed by atoms with Gasteiger partial charge in [0.1, 0.15) is 33.2 Å². The average Bonchev–Trinajstić information content (AvgIpc) is 3.60. The summed E-state index contributed by atoms with van der Waals surface area (Å²) >= 11 is 3.67. The number of carbonyl (C=O) groups excluding carboxylic acids is 1. The standard InChI is InChI=1S/C30H42INO8S/c1-3-4-5-7-21-11-12-28(41-21)27-14-19-9-10-20(15-26(19)40-27)39-17-25(36)24(35)16-23(34)22(33)8-6-13-38-29(37)30(2,31)18-32/h9-12,14-15,22-25,33-36H,3-8,13,16-18,32H2,1-2H3. The Morgan fingerprint density at radius 3 is 2.54 bits per heavy atom. The molecule has 0 spiro atoms. The first kappa shape index (κ1) is 33.8. The van der Waals surface area contributed by atoms with Crippen molar-refractivity contribution in [1.29, 1.82) is 0 Å². The summed E-state index contributed by atoms with van der Waals surface area (Å²) < 4.78 is 16.1. The highest BCUT2D eigenvalue weighted by Gasteiger charge is 2.30. The molecule has 41 heavy (non-hydrogen) atoms. The molecule has 0 aliphatic carbocycles. The summed E-state index contributed by atoms with van der Waals surface area (Å²) in [4.78, 5) is 14.3. The van der Waals surface area contributed by atoms with Gasteiger partial charge in [-0.2, -0.15) is 0 Å². The number of hydrogen-bond donors (Lipinski definition) is 5. The van der Waals surface area contributed by atoms with Gasteiger partial charge in [0.05, 0.1) is 29.8 Å². The smallest absolute Gasteiger partial charge is 0.323 e. The van der Waals surface area contributed by atoms with Crippen molar-refractivity contribution in [2.24, 2.45) is 5.73 Å². The lowest BCUT2D eigenvalue weighted by molar-refractivity contribution is -0.145. The summed E-state index contributed by atoms with van der Waals surface area (Å²) in [6.45, 7) is 3.89. The summed E-state index contributed by atoms with van der Waals surface area (Å²) in [5.41, 5.74) is 6.20. The van der Waals surface area contributed by atoms with Crippen LogP contribution in [-0.4, -0.2) is 74.0 Å². The van der Waals surface area contributed by atoms with Crippen LogP contribution in [0.1, 0.15) is 57.2 Å². The van der Waals surface area contributed by atoms with Gasteiger partial charge in [0.15, 0.2) is 0 Å². The Morgan fingerprint density at radius 1 is 1.05 bits per heavy atom. The summed E-state index contributed by atoms with van der Waals surface area (Å²) in [7, 11) is 0. The maximum atomic E-state index is 11.9. The predicted molar refractivity (Wildman–Crippen MR) is 169 cm³/mol. The Labute approximate surface area is 258 Å². The van der Waals surface area contributed by atoms with Crippen molar-refractivity contribution in [1.82, 2.24) is 0 Å². The van der Waals surface area contributed by atoms with Gasteiger partial charge in [-0.3, -0.25) is 4.79 Å². The summed E-state index contributed by atoms with van der Waals surface area (Å²) in [6.07, 6.45) is -0.0882. The second kappa shape index (κ2) is 16.2.